The Morgan fingerprint density at radius 3 is 2.42 bits per heavy atom. The van der Waals surface area contributed by atoms with Gasteiger partial charge in [-0.3, -0.25) is 4.99 Å². The van der Waals surface area contributed by atoms with Crippen LogP contribution in [0.4, 0.5) is 0 Å². The number of unbranched alkanes of at least 4 members (excludes halogenated alkanes) is 1. The number of nitrogens with one attached hydrogen (secondary N) is 2. The molecule has 7 heteroatoms. The summed E-state index contributed by atoms with van der Waals surface area (Å²) in [4.78, 5) is 4.69. The second-order valence-electron chi connectivity index (χ2n) is 6.19. The first-order chi connectivity index (χ1) is 11.4. The highest BCUT2D eigenvalue weighted by Crippen LogP contribution is 2.15. The van der Waals surface area contributed by atoms with Gasteiger partial charge in [-0.25, -0.2) is 8.42 Å². The molecule has 0 heterocycles. The fourth-order valence-corrected chi connectivity index (χ4v) is 2.76. The van der Waals surface area contributed by atoms with Gasteiger partial charge in [-0.2, -0.15) is 0 Å². The van der Waals surface area contributed by atoms with Gasteiger partial charge in [-0.15, -0.1) is 0 Å². The molecule has 6 nitrogen and oxygen atoms in total. The van der Waals surface area contributed by atoms with Gasteiger partial charge in [0, 0.05) is 25.9 Å². The Kier molecular flexibility index (Phi) is 14.0. The van der Waals surface area contributed by atoms with E-state index in [-0.39, 0.29) is 12.4 Å². The first-order valence-corrected chi connectivity index (χ1v) is 11.3. The fourth-order valence-electron chi connectivity index (χ4n) is 2.34. The Hall–Kier alpha value is -0.820. The van der Waals surface area contributed by atoms with Gasteiger partial charge in [0.2, 0.25) is 0 Å². The summed E-state index contributed by atoms with van der Waals surface area (Å²) in [7, 11) is -2.95. The maximum atomic E-state index is 11.0. The summed E-state index contributed by atoms with van der Waals surface area (Å²) in [5.41, 5.74) is 0. The molecular weight excluding hydrogens is 326 g/mol. The van der Waals surface area contributed by atoms with Crippen LogP contribution >= 0.6 is 0 Å². The lowest BCUT2D eigenvalue weighted by molar-refractivity contribution is 0.154. The highest BCUT2D eigenvalue weighted by Gasteiger charge is 2.07. The zero-order valence-electron chi connectivity index (χ0n) is 15.9. The molecule has 0 saturated heterocycles. The van der Waals surface area contributed by atoms with Crippen molar-refractivity contribution in [1.29, 1.82) is 0 Å². The van der Waals surface area contributed by atoms with Crippen LogP contribution in [-0.4, -0.2) is 59.2 Å². The Morgan fingerprint density at radius 1 is 1.08 bits per heavy atom. The molecule has 0 aromatic carbocycles. The minimum atomic E-state index is -2.95. The van der Waals surface area contributed by atoms with Gasteiger partial charge in [0.25, 0.3) is 0 Å². The summed E-state index contributed by atoms with van der Waals surface area (Å²) in [6.07, 6.45) is 7.36. The van der Waals surface area contributed by atoms with Crippen LogP contribution in [0.25, 0.3) is 0 Å². The molecule has 0 spiro atoms. The Labute approximate surface area is 148 Å². The van der Waals surface area contributed by atoms with E-state index in [0.717, 1.165) is 19.0 Å². The maximum absolute atomic E-state index is 11.0. The van der Waals surface area contributed by atoms with Crippen LogP contribution < -0.4 is 10.6 Å². The number of aliphatic imine (C=N–C) groups is 1. The van der Waals surface area contributed by atoms with Crippen molar-refractivity contribution in [2.24, 2.45) is 10.9 Å². The van der Waals surface area contributed by atoms with Gasteiger partial charge in [0.15, 0.2) is 5.96 Å². The molecule has 0 aliphatic rings. The normalized spacial score (nSPS) is 13.8. The van der Waals surface area contributed by atoms with Crippen LogP contribution in [0.5, 0.6) is 0 Å². The summed E-state index contributed by atoms with van der Waals surface area (Å²) >= 11 is 0. The standard InChI is InChI=1S/C17H37N3O3S/c1-5-8-10-16(9-6-2)15-20-17(18-7-3)19-11-12-23-13-14-24(4,21)22/h16H,5-15H2,1-4H3,(H2,18,19,20). The highest BCUT2D eigenvalue weighted by molar-refractivity contribution is 7.90. The fraction of sp³-hybridized carbons (Fsp3) is 0.941. The zero-order chi connectivity index (χ0) is 18.3. The quantitative estimate of drug-likeness (QED) is 0.281. The molecule has 0 radical (unpaired) electrons. The van der Waals surface area contributed by atoms with Crippen LogP contribution in [0.15, 0.2) is 4.99 Å². The number of hydrogen-bond acceptors (Lipinski definition) is 4. The van der Waals surface area contributed by atoms with E-state index in [4.69, 9.17) is 4.74 Å². The molecule has 0 aromatic heterocycles. The molecule has 0 amide bonds. The lowest BCUT2D eigenvalue weighted by Gasteiger charge is -2.16. The van der Waals surface area contributed by atoms with Crippen molar-refractivity contribution in [1.82, 2.24) is 10.6 Å². The topological polar surface area (TPSA) is 79.8 Å². The van der Waals surface area contributed by atoms with Crippen LogP contribution in [-0.2, 0) is 14.6 Å². The van der Waals surface area contributed by atoms with Crippen molar-refractivity contribution >= 4 is 15.8 Å². The van der Waals surface area contributed by atoms with E-state index in [2.05, 4.69) is 29.5 Å². The lowest BCUT2D eigenvalue weighted by Crippen LogP contribution is -2.39. The van der Waals surface area contributed by atoms with Crippen molar-refractivity contribution in [3.8, 4) is 0 Å². The first kappa shape index (κ1) is 23.2. The minimum Gasteiger partial charge on any atom is -0.379 e. The van der Waals surface area contributed by atoms with Gasteiger partial charge in [0.05, 0.1) is 19.0 Å². The molecule has 0 aliphatic carbocycles. The second-order valence-corrected chi connectivity index (χ2v) is 8.45. The number of ether oxygens (including phenoxy) is 1. The van der Waals surface area contributed by atoms with Gasteiger partial charge in [-0.05, 0) is 25.7 Å². The molecule has 0 fully saturated rings. The molecule has 0 aromatic rings. The predicted molar refractivity (Wildman–Crippen MR) is 102 cm³/mol. The maximum Gasteiger partial charge on any atom is 0.191 e. The van der Waals surface area contributed by atoms with Crippen molar-refractivity contribution < 1.29 is 13.2 Å². The highest BCUT2D eigenvalue weighted by atomic mass is 32.2. The third kappa shape index (κ3) is 14.8. The monoisotopic (exact) mass is 363 g/mol. The third-order valence-corrected chi connectivity index (χ3v) is 4.56. The molecule has 0 saturated carbocycles. The van der Waals surface area contributed by atoms with E-state index in [0.29, 0.717) is 19.1 Å². The van der Waals surface area contributed by atoms with Crippen molar-refractivity contribution in [2.75, 3.05) is 44.9 Å². The number of hydrogen-bond donors (Lipinski definition) is 2. The smallest absolute Gasteiger partial charge is 0.191 e. The van der Waals surface area contributed by atoms with Gasteiger partial charge >= 0.3 is 0 Å². The van der Waals surface area contributed by atoms with Crippen LogP contribution in [0.3, 0.4) is 0 Å². The molecule has 1 atom stereocenters. The minimum absolute atomic E-state index is 0.0667. The molecule has 1 unspecified atom stereocenters. The van der Waals surface area contributed by atoms with E-state index in [1.165, 1.54) is 38.4 Å². The molecule has 0 bridgehead atoms. The van der Waals surface area contributed by atoms with Crippen LogP contribution in [0.2, 0.25) is 0 Å². The largest absolute Gasteiger partial charge is 0.379 e. The summed E-state index contributed by atoms with van der Waals surface area (Å²) in [5, 5.41) is 6.48. The van der Waals surface area contributed by atoms with Gasteiger partial charge in [-0.1, -0.05) is 33.1 Å². The molecular formula is C17H37N3O3S. The molecule has 144 valence electrons. The molecule has 0 rings (SSSR count). The number of nitrogens with zero attached hydrogens (tertiary/aromatic N) is 1. The molecule has 24 heavy (non-hydrogen) atoms. The van der Waals surface area contributed by atoms with Crippen molar-refractivity contribution in [2.45, 2.75) is 52.9 Å². The molecule has 2 N–H and O–H groups in total. The molecule has 0 aliphatic heterocycles. The predicted octanol–water partition coefficient (Wildman–Crippen LogP) is 2.21. The average molecular weight is 364 g/mol. The summed E-state index contributed by atoms with van der Waals surface area (Å²) in [5.74, 6) is 1.52. The van der Waals surface area contributed by atoms with Crippen molar-refractivity contribution in [3.63, 3.8) is 0 Å². The average Bonchev–Trinajstić information content (AvgIpc) is 2.51. The lowest BCUT2D eigenvalue weighted by atomic mass is 9.97. The van der Waals surface area contributed by atoms with E-state index in [1.54, 1.807) is 0 Å². The Morgan fingerprint density at radius 2 is 1.83 bits per heavy atom. The number of sulfone groups is 1. The van der Waals surface area contributed by atoms with Crippen LogP contribution in [0, 0.1) is 5.92 Å². The second kappa shape index (κ2) is 14.5. The van der Waals surface area contributed by atoms with E-state index in [1.807, 2.05) is 6.92 Å². The van der Waals surface area contributed by atoms with Crippen LogP contribution in [0.1, 0.15) is 52.9 Å². The summed E-state index contributed by atoms with van der Waals surface area (Å²) in [6, 6.07) is 0. The van der Waals surface area contributed by atoms with Crippen molar-refractivity contribution in [3.05, 3.63) is 0 Å². The van der Waals surface area contributed by atoms with E-state index >= 15 is 0 Å². The summed E-state index contributed by atoms with van der Waals surface area (Å²) in [6.45, 7) is 9.47. The zero-order valence-corrected chi connectivity index (χ0v) is 16.8. The third-order valence-electron chi connectivity index (χ3n) is 3.65. The van der Waals surface area contributed by atoms with Gasteiger partial charge in [0.1, 0.15) is 9.84 Å². The summed E-state index contributed by atoms with van der Waals surface area (Å²) < 4.78 is 27.4. The number of rotatable bonds is 14. The van der Waals surface area contributed by atoms with E-state index < -0.39 is 9.84 Å². The Bertz CT molecular complexity index is 425. The van der Waals surface area contributed by atoms with E-state index in [9.17, 15) is 8.42 Å². The Balaban J connectivity index is 4.16. The number of guanidine groups is 1. The SMILES string of the molecule is CCCCC(CCC)CN=C(NCC)NCCOCCS(C)(=O)=O. The van der Waals surface area contributed by atoms with Gasteiger partial charge < -0.3 is 15.4 Å². The first-order valence-electron chi connectivity index (χ1n) is 9.20.